The molecule has 3 nitrogen and oxygen atoms in total. The van der Waals surface area contributed by atoms with Crippen molar-refractivity contribution in [2.45, 2.75) is 19.5 Å². The third-order valence-electron chi connectivity index (χ3n) is 3.98. The van der Waals surface area contributed by atoms with E-state index in [1.807, 2.05) is 0 Å². The molecule has 0 aliphatic carbocycles. The number of ether oxygens (including phenoxy) is 1. The van der Waals surface area contributed by atoms with Crippen molar-refractivity contribution >= 4 is 0 Å². The fourth-order valence-electron chi connectivity index (χ4n) is 2.63. The molecule has 1 heterocycles. The quantitative estimate of drug-likeness (QED) is 0.750. The van der Waals surface area contributed by atoms with E-state index in [1.54, 1.807) is 6.07 Å². The van der Waals surface area contributed by atoms with Crippen molar-refractivity contribution in [2.24, 2.45) is 0 Å². The molecule has 0 atom stereocenters. The van der Waals surface area contributed by atoms with E-state index >= 15 is 0 Å². The summed E-state index contributed by atoms with van der Waals surface area (Å²) in [5.41, 5.74) is -0.702. The summed E-state index contributed by atoms with van der Waals surface area (Å²) in [5.74, 6) is -0.0780. The second-order valence-electron chi connectivity index (χ2n) is 5.47. The van der Waals surface area contributed by atoms with Gasteiger partial charge >= 0.3 is 6.18 Å². The highest BCUT2D eigenvalue weighted by molar-refractivity contribution is 5.35. The van der Waals surface area contributed by atoms with Gasteiger partial charge in [-0.05, 0) is 25.1 Å². The molecule has 1 aliphatic heterocycles. The Hall–Kier alpha value is -1.27. The van der Waals surface area contributed by atoms with Crippen molar-refractivity contribution in [2.75, 3.05) is 45.9 Å². The smallest absolute Gasteiger partial charge is 0.419 e. The molecule has 0 N–H and O–H groups in total. The number of rotatable bonds is 6. The summed E-state index contributed by atoms with van der Waals surface area (Å²) in [7, 11) is 0. The average Bonchev–Trinajstić information content (AvgIpc) is 2.51. The standard InChI is InChI=1S/C16H23F3N2O/c1-2-20-9-11-21(12-10-20)8-5-13-22-15-7-4-3-6-14(15)16(17,18)19/h3-4,6-7H,2,5,8-13H2,1H3. The SMILES string of the molecule is CCN1CCN(CCCOc2ccccc2C(F)(F)F)CC1. The lowest BCUT2D eigenvalue weighted by Gasteiger charge is -2.33. The molecule has 0 bridgehead atoms. The molecule has 0 aromatic heterocycles. The van der Waals surface area contributed by atoms with E-state index in [2.05, 4.69) is 16.7 Å². The first-order chi connectivity index (χ1) is 10.5. The number of hydrogen-bond acceptors (Lipinski definition) is 3. The maximum atomic E-state index is 12.8. The van der Waals surface area contributed by atoms with Gasteiger partial charge in [-0.2, -0.15) is 13.2 Å². The minimum atomic E-state index is -4.37. The van der Waals surface area contributed by atoms with Crippen molar-refractivity contribution < 1.29 is 17.9 Å². The molecule has 0 spiro atoms. The number of para-hydroxylation sites is 1. The lowest BCUT2D eigenvalue weighted by Crippen LogP contribution is -2.46. The van der Waals surface area contributed by atoms with Crippen molar-refractivity contribution in [3.05, 3.63) is 29.8 Å². The van der Waals surface area contributed by atoms with E-state index < -0.39 is 11.7 Å². The summed E-state index contributed by atoms with van der Waals surface area (Å²) in [5, 5.41) is 0. The summed E-state index contributed by atoms with van der Waals surface area (Å²) in [6.07, 6.45) is -3.63. The second kappa shape index (κ2) is 7.83. The number of likely N-dealkylation sites (N-methyl/N-ethyl adjacent to an activating group) is 1. The molecular weight excluding hydrogens is 293 g/mol. The fraction of sp³-hybridized carbons (Fsp3) is 0.625. The van der Waals surface area contributed by atoms with Crippen molar-refractivity contribution in [3.63, 3.8) is 0 Å². The van der Waals surface area contributed by atoms with E-state index in [1.165, 1.54) is 12.1 Å². The average molecular weight is 316 g/mol. The highest BCUT2D eigenvalue weighted by Crippen LogP contribution is 2.35. The number of nitrogens with zero attached hydrogens (tertiary/aromatic N) is 2. The Kier molecular flexibility index (Phi) is 6.08. The topological polar surface area (TPSA) is 15.7 Å². The third-order valence-corrected chi connectivity index (χ3v) is 3.98. The molecule has 0 radical (unpaired) electrons. The van der Waals surface area contributed by atoms with Gasteiger partial charge in [0.25, 0.3) is 0 Å². The molecule has 0 amide bonds. The summed E-state index contributed by atoms with van der Waals surface area (Å²) in [6, 6.07) is 5.37. The Morgan fingerprint density at radius 1 is 1.05 bits per heavy atom. The van der Waals surface area contributed by atoms with E-state index in [0.717, 1.165) is 51.8 Å². The van der Waals surface area contributed by atoms with Crippen LogP contribution in [0.5, 0.6) is 5.75 Å². The van der Waals surface area contributed by atoms with Crippen LogP contribution in [0, 0.1) is 0 Å². The van der Waals surface area contributed by atoms with Gasteiger partial charge in [0, 0.05) is 32.7 Å². The first-order valence-corrected chi connectivity index (χ1v) is 7.74. The minimum absolute atomic E-state index is 0.0780. The van der Waals surface area contributed by atoms with E-state index in [9.17, 15) is 13.2 Å². The molecule has 124 valence electrons. The zero-order chi connectivity index (χ0) is 16.0. The zero-order valence-corrected chi connectivity index (χ0v) is 12.9. The Balaban J connectivity index is 1.74. The molecular formula is C16H23F3N2O. The molecule has 1 saturated heterocycles. The highest BCUT2D eigenvalue weighted by atomic mass is 19.4. The van der Waals surface area contributed by atoms with Gasteiger partial charge in [-0.3, -0.25) is 0 Å². The van der Waals surface area contributed by atoms with E-state index in [0.29, 0.717) is 6.61 Å². The van der Waals surface area contributed by atoms with Gasteiger partial charge in [-0.1, -0.05) is 19.1 Å². The van der Waals surface area contributed by atoms with Gasteiger partial charge in [0.15, 0.2) is 0 Å². The summed E-state index contributed by atoms with van der Waals surface area (Å²) >= 11 is 0. The van der Waals surface area contributed by atoms with Gasteiger partial charge in [-0.25, -0.2) is 0 Å². The second-order valence-corrected chi connectivity index (χ2v) is 5.47. The fourth-order valence-corrected chi connectivity index (χ4v) is 2.63. The van der Waals surface area contributed by atoms with Crippen LogP contribution in [-0.2, 0) is 6.18 Å². The predicted molar refractivity (Wildman–Crippen MR) is 80.1 cm³/mol. The lowest BCUT2D eigenvalue weighted by molar-refractivity contribution is -0.139. The Morgan fingerprint density at radius 3 is 2.32 bits per heavy atom. The molecule has 2 rings (SSSR count). The normalized spacial score (nSPS) is 17.6. The lowest BCUT2D eigenvalue weighted by atomic mass is 10.2. The van der Waals surface area contributed by atoms with Crippen LogP contribution in [0.3, 0.4) is 0 Å². The van der Waals surface area contributed by atoms with Crippen LogP contribution in [-0.4, -0.2) is 55.7 Å². The summed E-state index contributed by atoms with van der Waals surface area (Å²) in [4.78, 5) is 4.73. The maximum absolute atomic E-state index is 12.8. The Labute approximate surface area is 129 Å². The van der Waals surface area contributed by atoms with E-state index in [4.69, 9.17) is 4.74 Å². The van der Waals surface area contributed by atoms with Crippen molar-refractivity contribution in [1.82, 2.24) is 9.80 Å². The summed E-state index contributed by atoms with van der Waals surface area (Å²) < 4.78 is 43.8. The molecule has 22 heavy (non-hydrogen) atoms. The molecule has 1 fully saturated rings. The first-order valence-electron chi connectivity index (χ1n) is 7.74. The van der Waals surface area contributed by atoms with Crippen LogP contribution in [0.1, 0.15) is 18.9 Å². The van der Waals surface area contributed by atoms with E-state index in [-0.39, 0.29) is 5.75 Å². The molecule has 1 aromatic carbocycles. The molecule has 1 aromatic rings. The van der Waals surface area contributed by atoms with Gasteiger partial charge in [-0.15, -0.1) is 0 Å². The van der Waals surface area contributed by atoms with Crippen LogP contribution >= 0.6 is 0 Å². The minimum Gasteiger partial charge on any atom is -0.493 e. The molecule has 0 unspecified atom stereocenters. The molecule has 1 aliphatic rings. The van der Waals surface area contributed by atoms with Gasteiger partial charge in [0.1, 0.15) is 5.75 Å². The highest BCUT2D eigenvalue weighted by Gasteiger charge is 2.33. The molecule has 0 saturated carbocycles. The Morgan fingerprint density at radius 2 is 1.68 bits per heavy atom. The maximum Gasteiger partial charge on any atom is 0.419 e. The van der Waals surface area contributed by atoms with Gasteiger partial charge < -0.3 is 14.5 Å². The number of piperazine rings is 1. The summed E-state index contributed by atoms with van der Waals surface area (Å²) in [6.45, 7) is 8.57. The van der Waals surface area contributed by atoms with Crippen LogP contribution in [0.4, 0.5) is 13.2 Å². The van der Waals surface area contributed by atoms with Crippen LogP contribution in [0.15, 0.2) is 24.3 Å². The van der Waals surface area contributed by atoms with Crippen molar-refractivity contribution in [1.29, 1.82) is 0 Å². The first kappa shape index (κ1) is 17.1. The number of alkyl halides is 3. The van der Waals surface area contributed by atoms with Gasteiger partial charge in [0.05, 0.1) is 12.2 Å². The number of hydrogen-bond donors (Lipinski definition) is 0. The van der Waals surface area contributed by atoms with Gasteiger partial charge in [0.2, 0.25) is 0 Å². The zero-order valence-electron chi connectivity index (χ0n) is 12.9. The largest absolute Gasteiger partial charge is 0.493 e. The monoisotopic (exact) mass is 316 g/mol. The Bertz CT molecular complexity index is 457. The van der Waals surface area contributed by atoms with Crippen LogP contribution in [0.2, 0.25) is 0 Å². The third kappa shape index (κ3) is 4.88. The number of halogens is 3. The van der Waals surface area contributed by atoms with Crippen LogP contribution < -0.4 is 4.74 Å². The number of benzene rings is 1. The van der Waals surface area contributed by atoms with Crippen molar-refractivity contribution in [3.8, 4) is 5.75 Å². The molecule has 6 heteroatoms. The predicted octanol–water partition coefficient (Wildman–Crippen LogP) is 3.11. The van der Waals surface area contributed by atoms with Crippen LogP contribution in [0.25, 0.3) is 0 Å².